The Kier molecular flexibility index (Phi) is 2.08. The number of phenolic OH excluding ortho intramolecular Hbond substituents is 1. The lowest BCUT2D eigenvalue weighted by Crippen LogP contribution is -2.00. The van der Waals surface area contributed by atoms with E-state index in [-0.39, 0.29) is 5.75 Å². The molecule has 1 aliphatic heterocycles. The summed E-state index contributed by atoms with van der Waals surface area (Å²) in [5.74, 6) is 0.901. The number of hydrogen-bond acceptors (Lipinski definition) is 4. The lowest BCUT2D eigenvalue weighted by Gasteiger charge is -2.02. The van der Waals surface area contributed by atoms with Gasteiger partial charge in [-0.3, -0.25) is 0 Å². The third-order valence-electron chi connectivity index (χ3n) is 2.67. The largest absolute Gasteiger partial charge is 0.508 e. The minimum Gasteiger partial charge on any atom is -0.508 e. The molecule has 16 heavy (non-hydrogen) atoms. The highest BCUT2D eigenvalue weighted by atomic mass is 16.3. The number of benzene rings is 1. The van der Waals surface area contributed by atoms with E-state index in [2.05, 4.69) is 15.3 Å². The Labute approximate surface area is 93.0 Å². The summed E-state index contributed by atoms with van der Waals surface area (Å²) in [4.78, 5) is 8.78. The van der Waals surface area contributed by atoms with E-state index in [1.54, 1.807) is 18.2 Å². The molecule has 0 saturated heterocycles. The van der Waals surface area contributed by atoms with Crippen molar-refractivity contribution in [1.82, 2.24) is 15.3 Å². The fourth-order valence-electron chi connectivity index (χ4n) is 1.84. The molecule has 0 bridgehead atoms. The predicted molar refractivity (Wildman–Crippen MR) is 59.7 cm³/mol. The highest BCUT2D eigenvalue weighted by Gasteiger charge is 2.13. The molecule has 4 heteroatoms. The fourth-order valence-corrected chi connectivity index (χ4v) is 1.84. The molecule has 2 N–H and O–H groups in total. The summed E-state index contributed by atoms with van der Waals surface area (Å²) in [6, 6.07) is 6.99. The van der Waals surface area contributed by atoms with Gasteiger partial charge in [-0.15, -0.1) is 0 Å². The van der Waals surface area contributed by atoms with Gasteiger partial charge >= 0.3 is 0 Å². The zero-order valence-electron chi connectivity index (χ0n) is 8.64. The molecule has 0 amide bonds. The van der Waals surface area contributed by atoms with E-state index in [0.717, 1.165) is 29.9 Å². The summed E-state index contributed by atoms with van der Waals surface area (Å²) in [5, 5.41) is 12.6. The van der Waals surface area contributed by atoms with Crippen LogP contribution in [0.25, 0.3) is 11.4 Å². The molecule has 0 atom stereocenters. The van der Waals surface area contributed by atoms with Gasteiger partial charge in [0.15, 0.2) is 5.82 Å². The van der Waals surface area contributed by atoms with Crippen molar-refractivity contribution in [3.05, 3.63) is 41.7 Å². The molecule has 0 fully saturated rings. The van der Waals surface area contributed by atoms with Crippen LogP contribution in [0.4, 0.5) is 0 Å². The second-order valence-electron chi connectivity index (χ2n) is 3.82. The first-order valence-electron chi connectivity index (χ1n) is 5.18. The summed E-state index contributed by atoms with van der Waals surface area (Å²) in [5.41, 5.74) is 3.05. The van der Waals surface area contributed by atoms with Gasteiger partial charge in [0.1, 0.15) is 5.75 Å². The number of hydrogen-bond donors (Lipinski definition) is 2. The number of fused-ring (bicyclic) bond motifs is 1. The first-order chi connectivity index (χ1) is 7.83. The summed E-state index contributed by atoms with van der Waals surface area (Å²) < 4.78 is 0. The molecule has 0 saturated carbocycles. The van der Waals surface area contributed by atoms with Gasteiger partial charge in [0.2, 0.25) is 0 Å². The molecule has 2 heterocycles. The molecule has 1 aromatic heterocycles. The lowest BCUT2D eigenvalue weighted by atomic mass is 10.2. The third kappa shape index (κ3) is 1.53. The Morgan fingerprint density at radius 2 is 2.19 bits per heavy atom. The standard InChI is InChI=1S/C12H11N3O/c16-10-3-1-2-8(4-10)12-14-6-9-5-13-7-11(9)15-12/h1-4,6,13,16H,5,7H2. The Balaban J connectivity index is 2.07. The number of nitrogens with zero attached hydrogens (tertiary/aromatic N) is 2. The highest BCUT2D eigenvalue weighted by molar-refractivity contribution is 5.57. The predicted octanol–water partition coefficient (Wildman–Crippen LogP) is 1.45. The summed E-state index contributed by atoms with van der Waals surface area (Å²) in [6.45, 7) is 1.64. The van der Waals surface area contributed by atoms with E-state index in [9.17, 15) is 5.11 Å². The number of rotatable bonds is 1. The van der Waals surface area contributed by atoms with E-state index < -0.39 is 0 Å². The van der Waals surface area contributed by atoms with Gasteiger partial charge in [-0.1, -0.05) is 12.1 Å². The van der Waals surface area contributed by atoms with Gasteiger partial charge in [-0.25, -0.2) is 9.97 Å². The maximum absolute atomic E-state index is 9.40. The number of aromatic hydroxyl groups is 1. The van der Waals surface area contributed by atoms with Crippen LogP contribution in [0.3, 0.4) is 0 Å². The smallest absolute Gasteiger partial charge is 0.159 e. The van der Waals surface area contributed by atoms with Crippen molar-refractivity contribution in [2.24, 2.45) is 0 Å². The molecule has 2 aromatic rings. The van der Waals surface area contributed by atoms with Crippen molar-refractivity contribution >= 4 is 0 Å². The summed E-state index contributed by atoms with van der Waals surface area (Å²) >= 11 is 0. The van der Waals surface area contributed by atoms with Crippen LogP contribution in [0.1, 0.15) is 11.3 Å². The fraction of sp³-hybridized carbons (Fsp3) is 0.167. The first kappa shape index (κ1) is 9.30. The highest BCUT2D eigenvalue weighted by Crippen LogP contribution is 2.21. The second-order valence-corrected chi connectivity index (χ2v) is 3.82. The number of aromatic nitrogens is 2. The van der Waals surface area contributed by atoms with Crippen LogP contribution in [0.15, 0.2) is 30.5 Å². The monoisotopic (exact) mass is 213 g/mol. The van der Waals surface area contributed by atoms with E-state index >= 15 is 0 Å². The maximum atomic E-state index is 9.40. The summed E-state index contributed by atoms with van der Waals surface area (Å²) in [6.07, 6.45) is 1.85. The van der Waals surface area contributed by atoms with Crippen LogP contribution < -0.4 is 5.32 Å². The minimum absolute atomic E-state index is 0.236. The molecule has 0 aliphatic carbocycles. The molecule has 0 radical (unpaired) electrons. The van der Waals surface area contributed by atoms with Gasteiger partial charge in [0.05, 0.1) is 5.69 Å². The molecule has 1 aromatic carbocycles. The van der Waals surface area contributed by atoms with Gasteiger partial charge < -0.3 is 10.4 Å². The Bertz CT molecular complexity index is 540. The normalized spacial score (nSPS) is 13.8. The van der Waals surface area contributed by atoms with Gasteiger partial charge in [-0.05, 0) is 12.1 Å². The SMILES string of the molecule is Oc1cccc(-c2ncc3c(n2)CNC3)c1. The van der Waals surface area contributed by atoms with Crippen LogP contribution in [0.2, 0.25) is 0 Å². The molecule has 4 nitrogen and oxygen atoms in total. The molecular formula is C12H11N3O. The quantitative estimate of drug-likeness (QED) is 0.752. The van der Waals surface area contributed by atoms with Crippen molar-refractivity contribution in [3.8, 4) is 17.1 Å². The van der Waals surface area contributed by atoms with Gasteiger partial charge in [-0.2, -0.15) is 0 Å². The zero-order valence-corrected chi connectivity index (χ0v) is 8.64. The minimum atomic E-state index is 0.236. The number of phenols is 1. The van der Waals surface area contributed by atoms with Crippen molar-refractivity contribution < 1.29 is 5.11 Å². The van der Waals surface area contributed by atoms with Crippen LogP contribution in [0, 0.1) is 0 Å². The molecule has 0 spiro atoms. The molecule has 0 unspecified atom stereocenters. The molecule has 3 rings (SSSR count). The Hall–Kier alpha value is -1.94. The van der Waals surface area contributed by atoms with Crippen LogP contribution in [-0.2, 0) is 13.1 Å². The second kappa shape index (κ2) is 3.57. The Morgan fingerprint density at radius 1 is 1.25 bits per heavy atom. The third-order valence-corrected chi connectivity index (χ3v) is 2.67. The van der Waals surface area contributed by atoms with E-state index in [1.807, 2.05) is 12.3 Å². The van der Waals surface area contributed by atoms with E-state index in [4.69, 9.17) is 0 Å². The van der Waals surface area contributed by atoms with Crippen LogP contribution >= 0.6 is 0 Å². The van der Waals surface area contributed by atoms with Crippen LogP contribution in [0.5, 0.6) is 5.75 Å². The average molecular weight is 213 g/mol. The maximum Gasteiger partial charge on any atom is 0.159 e. The molecular weight excluding hydrogens is 202 g/mol. The molecule has 1 aliphatic rings. The zero-order chi connectivity index (χ0) is 11.0. The van der Waals surface area contributed by atoms with E-state index in [0.29, 0.717) is 5.82 Å². The van der Waals surface area contributed by atoms with Crippen molar-refractivity contribution in [2.45, 2.75) is 13.1 Å². The number of nitrogens with one attached hydrogen (secondary N) is 1. The lowest BCUT2D eigenvalue weighted by molar-refractivity contribution is 0.475. The van der Waals surface area contributed by atoms with Crippen molar-refractivity contribution in [2.75, 3.05) is 0 Å². The molecule has 80 valence electrons. The first-order valence-corrected chi connectivity index (χ1v) is 5.18. The van der Waals surface area contributed by atoms with Crippen molar-refractivity contribution in [1.29, 1.82) is 0 Å². The summed E-state index contributed by atoms with van der Waals surface area (Å²) in [7, 11) is 0. The van der Waals surface area contributed by atoms with Gasteiger partial charge in [0.25, 0.3) is 0 Å². The topological polar surface area (TPSA) is 58.0 Å². The van der Waals surface area contributed by atoms with E-state index in [1.165, 1.54) is 0 Å². The average Bonchev–Trinajstić information content (AvgIpc) is 2.75. The van der Waals surface area contributed by atoms with Gasteiger partial charge in [0, 0.05) is 30.4 Å². The van der Waals surface area contributed by atoms with Crippen LogP contribution in [-0.4, -0.2) is 15.1 Å². The van der Waals surface area contributed by atoms with Crippen molar-refractivity contribution in [3.63, 3.8) is 0 Å². The Morgan fingerprint density at radius 3 is 3.06 bits per heavy atom.